The van der Waals surface area contributed by atoms with Gasteiger partial charge in [-0.05, 0) is 147 Å². The Kier molecular flexibility index (Phi) is 20.7. The monoisotopic (exact) mass is 1030 g/mol. The van der Waals surface area contributed by atoms with Crippen molar-refractivity contribution < 1.29 is 43.5 Å². The third-order valence-corrected chi connectivity index (χ3v) is 19.1. The minimum atomic E-state index is -1.03. The van der Waals surface area contributed by atoms with Gasteiger partial charge in [-0.3, -0.25) is 34.1 Å². The molecule has 6 rings (SSSR count). The average molecular weight is 1030 g/mol. The van der Waals surface area contributed by atoms with Crippen LogP contribution < -0.4 is 32.5 Å². The molecule has 1 heterocycles. The third-order valence-electron chi connectivity index (χ3n) is 17.7. The summed E-state index contributed by atoms with van der Waals surface area (Å²) in [6.07, 6.45) is 18.1. The van der Waals surface area contributed by atoms with Gasteiger partial charge in [-0.1, -0.05) is 97.9 Å². The standard InChI is InChI=1S/C56H87N7O9S/c1-34(2)13-11-14-36(5)42-23-24-43-41-22-19-38-31-40(25-27-55(38,6)44(41)26-28-56(42,43)7)73-46-32-48(65)63(52(46)68)30-10-8-9-16-47(64)61-49(35(3)4)51(67)60-45(15-12-29-58-53(57)69)50(66)59-39-20-17-37(18-21-39)33-72-54(70)62-71/h17-21,34-36,40-46,49,71H,8-16,22-33H2,1-7H3,(H,59,66)(H,60,67)(H,61,64)(H,62,70)(H3,57,58,69). The Labute approximate surface area is 438 Å². The Bertz CT molecular complexity index is 2140. The van der Waals surface area contributed by atoms with E-state index in [-0.39, 0.29) is 66.7 Å². The number of nitrogens with two attached hydrogens (primary N) is 1. The van der Waals surface area contributed by atoms with Crippen LogP contribution in [-0.4, -0.2) is 87.4 Å². The molecule has 0 aromatic heterocycles. The second-order valence-electron chi connectivity index (χ2n) is 23.3. The number of allylic oxidation sites excluding steroid dienone is 2. The van der Waals surface area contributed by atoms with E-state index in [4.69, 9.17) is 15.7 Å². The maximum atomic E-state index is 13.7. The van der Waals surface area contributed by atoms with Crippen LogP contribution in [0.3, 0.4) is 0 Å². The molecule has 3 saturated carbocycles. The van der Waals surface area contributed by atoms with Crippen LogP contribution in [0.2, 0.25) is 0 Å². The molecule has 1 aliphatic heterocycles. The molecule has 4 fully saturated rings. The summed E-state index contributed by atoms with van der Waals surface area (Å²) in [5.41, 5.74) is 9.88. The van der Waals surface area contributed by atoms with E-state index in [1.807, 2.05) is 0 Å². The number of nitrogens with zero attached hydrogens (tertiary/aromatic N) is 1. The van der Waals surface area contributed by atoms with Crippen molar-refractivity contribution in [2.45, 2.75) is 193 Å². The predicted molar refractivity (Wildman–Crippen MR) is 284 cm³/mol. The molecular weight excluding hydrogens is 947 g/mol. The van der Waals surface area contributed by atoms with E-state index in [2.05, 4.69) is 62.0 Å². The first-order valence-electron chi connectivity index (χ1n) is 27.5. The van der Waals surface area contributed by atoms with Crippen LogP contribution >= 0.6 is 11.8 Å². The number of carbonyl (C=O) groups excluding carboxylic acids is 7. The van der Waals surface area contributed by atoms with Crippen LogP contribution in [0.15, 0.2) is 35.9 Å². The van der Waals surface area contributed by atoms with E-state index < -0.39 is 36.0 Å². The lowest BCUT2D eigenvalue weighted by atomic mass is 9.47. The van der Waals surface area contributed by atoms with Gasteiger partial charge in [0.05, 0.1) is 5.25 Å². The van der Waals surface area contributed by atoms with Gasteiger partial charge in [-0.25, -0.2) is 15.1 Å². The lowest BCUT2D eigenvalue weighted by Gasteiger charge is -2.58. The normalized spacial score (nSPS) is 27.8. The van der Waals surface area contributed by atoms with E-state index in [0.29, 0.717) is 54.1 Å². The number of carbonyl (C=O) groups is 7. The van der Waals surface area contributed by atoms with Crippen molar-refractivity contribution in [3.8, 4) is 0 Å². The first-order chi connectivity index (χ1) is 34.7. The van der Waals surface area contributed by atoms with Gasteiger partial charge in [-0.2, -0.15) is 0 Å². The fourth-order valence-corrected chi connectivity index (χ4v) is 15.1. The molecule has 0 radical (unpaired) electrons. The molecule has 8 amide bonds. The maximum Gasteiger partial charge on any atom is 0.431 e. The van der Waals surface area contributed by atoms with Crippen molar-refractivity contribution in [2.75, 3.05) is 18.4 Å². The molecule has 17 heteroatoms. The third kappa shape index (κ3) is 14.8. The fraction of sp³-hybridized carbons (Fsp3) is 0.732. The van der Waals surface area contributed by atoms with Crippen molar-refractivity contribution in [1.29, 1.82) is 0 Å². The number of thioether (sulfide) groups is 1. The summed E-state index contributed by atoms with van der Waals surface area (Å²) in [6, 6.07) is 3.72. The largest absolute Gasteiger partial charge is 0.443 e. The number of primary amides is 1. The van der Waals surface area contributed by atoms with Gasteiger partial charge in [0.1, 0.15) is 18.7 Å². The molecule has 11 unspecified atom stereocenters. The number of anilines is 1. The van der Waals surface area contributed by atoms with E-state index in [1.54, 1.807) is 55.4 Å². The highest BCUT2D eigenvalue weighted by Gasteiger charge is 2.59. The highest BCUT2D eigenvalue weighted by Crippen LogP contribution is 2.67. The molecule has 1 saturated heterocycles. The summed E-state index contributed by atoms with van der Waals surface area (Å²) in [4.78, 5) is 91.1. The number of fused-ring (bicyclic) bond motifs is 5. The van der Waals surface area contributed by atoms with Gasteiger partial charge in [-0.15, -0.1) is 11.8 Å². The number of rotatable bonds is 25. The Morgan fingerprint density at radius 2 is 1.60 bits per heavy atom. The number of nitrogens with one attached hydrogen (secondary N) is 5. The Balaban J connectivity index is 0.929. The molecule has 11 atom stereocenters. The van der Waals surface area contributed by atoms with Crippen LogP contribution in [0.4, 0.5) is 15.3 Å². The first-order valence-corrected chi connectivity index (χ1v) is 28.5. The summed E-state index contributed by atoms with van der Waals surface area (Å²) in [5, 5.41) is 19.5. The highest BCUT2D eigenvalue weighted by molar-refractivity contribution is 8.01. The quantitative estimate of drug-likeness (QED) is 0.0161. The van der Waals surface area contributed by atoms with E-state index >= 15 is 0 Å². The molecule has 73 heavy (non-hydrogen) atoms. The van der Waals surface area contributed by atoms with Gasteiger partial charge in [0, 0.05) is 36.9 Å². The van der Waals surface area contributed by atoms with Gasteiger partial charge >= 0.3 is 12.1 Å². The van der Waals surface area contributed by atoms with Gasteiger partial charge in [0.25, 0.3) is 0 Å². The van der Waals surface area contributed by atoms with Crippen LogP contribution in [0.5, 0.6) is 0 Å². The predicted octanol–water partition coefficient (Wildman–Crippen LogP) is 9.15. The summed E-state index contributed by atoms with van der Waals surface area (Å²) < 4.78 is 4.81. The molecule has 0 spiro atoms. The molecule has 1 aromatic rings. The number of hydroxylamine groups is 1. The fourth-order valence-electron chi connectivity index (χ4n) is 13.7. The second-order valence-corrected chi connectivity index (χ2v) is 24.8. The first kappa shape index (κ1) is 57.6. The Morgan fingerprint density at radius 3 is 2.30 bits per heavy atom. The summed E-state index contributed by atoms with van der Waals surface area (Å²) in [7, 11) is 0. The number of amides is 8. The topological polar surface area (TPSA) is 238 Å². The van der Waals surface area contributed by atoms with Crippen molar-refractivity contribution in [1.82, 2.24) is 26.3 Å². The highest BCUT2D eigenvalue weighted by atomic mass is 32.2. The number of hydrogen-bond acceptors (Lipinski definition) is 10. The maximum absolute atomic E-state index is 13.7. The molecular formula is C56H87N7O9S. The molecule has 1 aromatic carbocycles. The van der Waals surface area contributed by atoms with Crippen molar-refractivity contribution >= 4 is 59.1 Å². The van der Waals surface area contributed by atoms with Crippen LogP contribution in [0.25, 0.3) is 0 Å². The molecule has 5 aliphatic rings. The van der Waals surface area contributed by atoms with Crippen LogP contribution in [0.1, 0.15) is 170 Å². The van der Waals surface area contributed by atoms with Crippen molar-refractivity contribution in [3.63, 3.8) is 0 Å². The summed E-state index contributed by atoms with van der Waals surface area (Å²) in [5.74, 6) is 2.86. The van der Waals surface area contributed by atoms with E-state index in [9.17, 15) is 33.6 Å². The molecule has 0 bridgehead atoms. The van der Waals surface area contributed by atoms with Crippen molar-refractivity contribution in [3.05, 3.63) is 41.5 Å². The minimum Gasteiger partial charge on any atom is -0.443 e. The Hall–Kier alpha value is -4.64. The molecule has 16 nitrogen and oxygen atoms in total. The number of benzene rings is 1. The number of unbranched alkanes of at least 4 members (excludes halogenated alkanes) is 2. The van der Waals surface area contributed by atoms with E-state index in [0.717, 1.165) is 54.8 Å². The lowest BCUT2D eigenvalue weighted by Crippen LogP contribution is -2.54. The van der Waals surface area contributed by atoms with Gasteiger partial charge < -0.3 is 31.7 Å². The number of hydrogen-bond donors (Lipinski definition) is 7. The smallest absolute Gasteiger partial charge is 0.431 e. The van der Waals surface area contributed by atoms with Crippen LogP contribution in [-0.2, 0) is 35.3 Å². The van der Waals surface area contributed by atoms with Crippen LogP contribution in [0, 0.1) is 52.3 Å². The van der Waals surface area contributed by atoms with E-state index in [1.165, 1.54) is 61.7 Å². The SMILES string of the molecule is CC(C)CCCC(C)C1CCC2C3CC=C4CC(SC5CC(=O)N(CCCCCC(=O)NC(C(=O)NC(CCCNC(N)=O)C(=O)Nc6ccc(COC(=O)NO)cc6)C(C)C)C5=O)CCC4(C)C3CCC12C. The molecule has 8 N–H and O–H groups in total. The number of imide groups is 1. The average Bonchev–Trinajstić information content (AvgIpc) is 3.84. The van der Waals surface area contributed by atoms with Gasteiger partial charge in [0.15, 0.2) is 0 Å². The molecule has 406 valence electrons. The zero-order valence-electron chi connectivity index (χ0n) is 44.7. The summed E-state index contributed by atoms with van der Waals surface area (Å²) >= 11 is 1.73. The summed E-state index contributed by atoms with van der Waals surface area (Å²) in [6.45, 7) is 16.4. The second kappa shape index (κ2) is 26.2. The zero-order chi connectivity index (χ0) is 53.0. The zero-order valence-corrected chi connectivity index (χ0v) is 45.5. The minimum absolute atomic E-state index is 0.0866. The number of likely N-dealkylation sites (tertiary alicyclic amines) is 1. The lowest BCUT2D eigenvalue weighted by molar-refractivity contribution is -0.138. The van der Waals surface area contributed by atoms with Crippen molar-refractivity contribution in [2.24, 2.45) is 58.0 Å². The van der Waals surface area contributed by atoms with Gasteiger partial charge in [0.2, 0.25) is 29.5 Å². The number of urea groups is 1. The number of ether oxygens (including phenoxy) is 1. The molecule has 4 aliphatic carbocycles. The Morgan fingerprint density at radius 1 is 0.849 bits per heavy atom.